The van der Waals surface area contributed by atoms with Crippen molar-refractivity contribution < 1.29 is 34.0 Å². The first kappa shape index (κ1) is 20.3. The van der Waals surface area contributed by atoms with Gasteiger partial charge in [0.2, 0.25) is 6.33 Å². The normalized spacial score (nSPS) is 9.96. The van der Waals surface area contributed by atoms with Gasteiger partial charge in [-0.05, 0) is 44.0 Å². The summed E-state index contributed by atoms with van der Waals surface area (Å²) >= 11 is 0. The predicted octanol–water partition coefficient (Wildman–Crippen LogP) is -0.493. The van der Waals surface area contributed by atoms with Gasteiger partial charge in [0.15, 0.2) is 0 Å². The van der Waals surface area contributed by atoms with E-state index in [4.69, 9.17) is 0 Å². The molecule has 3 aromatic rings. The molecule has 1 aromatic carbocycles. The van der Waals surface area contributed by atoms with Gasteiger partial charge in [-0.15, -0.1) is 0 Å². The molecule has 0 amide bonds. The highest BCUT2D eigenvalue weighted by Crippen LogP contribution is 2.20. The zero-order valence-electron chi connectivity index (χ0n) is 14.3. The van der Waals surface area contributed by atoms with Crippen LogP contribution in [0, 0.1) is 20.8 Å². The van der Waals surface area contributed by atoms with Crippen molar-refractivity contribution in [2.24, 2.45) is 0 Å². The molecule has 0 fully saturated rings. The van der Waals surface area contributed by atoms with Crippen molar-refractivity contribution in [2.75, 3.05) is 0 Å². The number of halogens is 1. The van der Waals surface area contributed by atoms with Crippen LogP contribution in [0.25, 0.3) is 5.69 Å². The van der Waals surface area contributed by atoms with Crippen LogP contribution in [0.4, 0.5) is 0 Å². The van der Waals surface area contributed by atoms with Crippen LogP contribution in [-0.2, 0) is 13.0 Å². The molecule has 0 bridgehead atoms. The molecule has 0 radical (unpaired) electrons. The van der Waals surface area contributed by atoms with Crippen LogP contribution in [0.1, 0.15) is 22.4 Å². The van der Waals surface area contributed by atoms with Crippen molar-refractivity contribution in [3.63, 3.8) is 0 Å². The molecule has 0 aliphatic heterocycles. The molecule has 0 saturated heterocycles. The molecule has 0 unspecified atom stereocenters. The third kappa shape index (κ3) is 4.64. The Kier molecular flexibility index (Phi) is 7.57. The van der Waals surface area contributed by atoms with Crippen LogP contribution in [-0.4, -0.2) is 15.0 Å². The monoisotopic (exact) mass is 437 g/mol. The van der Waals surface area contributed by atoms with Crippen LogP contribution in [0.3, 0.4) is 0 Å². The molecule has 2 heterocycles. The lowest BCUT2D eigenvalue weighted by Gasteiger charge is -2.07. The summed E-state index contributed by atoms with van der Waals surface area (Å²) in [6.45, 7) is 7.43. The van der Waals surface area contributed by atoms with Gasteiger partial charge >= 0.3 is 0 Å². The van der Waals surface area contributed by atoms with Crippen molar-refractivity contribution in [2.45, 2.75) is 33.7 Å². The Morgan fingerprint density at radius 2 is 1.79 bits per heavy atom. The Hall–Kier alpha value is -1.73. The fourth-order valence-electron chi connectivity index (χ4n) is 3.03. The first-order chi connectivity index (χ1) is 10.6. The highest BCUT2D eigenvalue weighted by molar-refractivity contribution is 5.48. The van der Waals surface area contributed by atoms with Crippen molar-refractivity contribution >= 4 is 0 Å². The second-order valence-corrected chi connectivity index (χ2v) is 5.88. The second-order valence-electron chi connectivity index (χ2n) is 5.88. The second kappa shape index (κ2) is 8.94. The Morgan fingerprint density at radius 1 is 1.08 bits per heavy atom. The van der Waals surface area contributed by atoms with E-state index in [0.29, 0.717) is 0 Å². The summed E-state index contributed by atoms with van der Waals surface area (Å²) in [5.41, 5.74) is 6.34. The Balaban J connectivity index is 0.00000144. The minimum absolute atomic E-state index is 0. The fraction of sp³-hybridized carbons (Fsp3) is 0.263. The van der Waals surface area contributed by atoms with E-state index in [1.54, 1.807) is 0 Å². The van der Waals surface area contributed by atoms with E-state index < -0.39 is 0 Å². The predicted molar refractivity (Wildman–Crippen MR) is 91.7 cm³/mol. The van der Waals surface area contributed by atoms with Gasteiger partial charge in [0, 0.05) is 18.3 Å². The van der Waals surface area contributed by atoms with Crippen LogP contribution in [0.15, 0.2) is 55.2 Å². The molecule has 4 nitrogen and oxygen atoms in total. The SMILES string of the molecule is Cc1cc(C)c(-n2cc[n+](CCc3ccccn3)c2)c(C)c1.O.[I-]. The van der Waals surface area contributed by atoms with E-state index in [1.165, 1.54) is 22.4 Å². The fourth-order valence-corrected chi connectivity index (χ4v) is 3.03. The van der Waals surface area contributed by atoms with Crippen LogP contribution in [0.5, 0.6) is 0 Å². The zero-order chi connectivity index (χ0) is 15.5. The topological polar surface area (TPSA) is 53.2 Å². The number of nitrogens with zero attached hydrogens (tertiary/aromatic N) is 3. The minimum atomic E-state index is 0. The number of rotatable bonds is 4. The highest BCUT2D eigenvalue weighted by atomic mass is 127. The van der Waals surface area contributed by atoms with Crippen molar-refractivity contribution in [1.82, 2.24) is 9.55 Å². The summed E-state index contributed by atoms with van der Waals surface area (Å²) in [4.78, 5) is 4.38. The number of aryl methyl sites for hydroxylation is 5. The Bertz CT molecular complexity index is 761. The molecule has 2 N–H and O–H groups in total. The molecule has 2 aromatic heterocycles. The average molecular weight is 437 g/mol. The quantitative estimate of drug-likeness (QED) is 0.402. The van der Waals surface area contributed by atoms with Crippen molar-refractivity contribution in [1.29, 1.82) is 0 Å². The summed E-state index contributed by atoms with van der Waals surface area (Å²) in [6.07, 6.45) is 9.21. The average Bonchev–Trinajstić information content (AvgIpc) is 2.94. The lowest BCUT2D eigenvalue weighted by Crippen LogP contribution is -3.00. The highest BCUT2D eigenvalue weighted by Gasteiger charge is 2.12. The summed E-state index contributed by atoms with van der Waals surface area (Å²) < 4.78 is 4.43. The summed E-state index contributed by atoms with van der Waals surface area (Å²) in [5, 5.41) is 0. The third-order valence-electron chi connectivity index (χ3n) is 3.94. The first-order valence-electron chi connectivity index (χ1n) is 7.68. The lowest BCUT2D eigenvalue weighted by molar-refractivity contribution is -0.695. The number of hydrogen-bond acceptors (Lipinski definition) is 1. The maximum absolute atomic E-state index is 4.38. The van der Waals surface area contributed by atoms with Crippen molar-refractivity contribution in [3.8, 4) is 5.69 Å². The Labute approximate surface area is 160 Å². The molecule has 24 heavy (non-hydrogen) atoms. The minimum Gasteiger partial charge on any atom is -1.00 e. The number of imidazole rings is 1. The van der Waals surface area contributed by atoms with E-state index >= 15 is 0 Å². The molecular formula is C19H24IN3O. The first-order valence-corrected chi connectivity index (χ1v) is 7.68. The van der Waals surface area contributed by atoms with Crippen LogP contribution >= 0.6 is 0 Å². The van der Waals surface area contributed by atoms with Gasteiger partial charge in [-0.2, -0.15) is 0 Å². The molecule has 0 saturated carbocycles. The molecule has 0 atom stereocenters. The van der Waals surface area contributed by atoms with Gasteiger partial charge in [-0.3, -0.25) is 4.98 Å². The zero-order valence-corrected chi connectivity index (χ0v) is 16.5. The molecule has 3 rings (SSSR count). The Morgan fingerprint density at radius 3 is 2.42 bits per heavy atom. The van der Waals surface area contributed by atoms with Gasteiger partial charge in [-0.25, -0.2) is 9.13 Å². The van der Waals surface area contributed by atoms with E-state index in [0.717, 1.165) is 18.7 Å². The van der Waals surface area contributed by atoms with E-state index in [9.17, 15) is 0 Å². The van der Waals surface area contributed by atoms with Gasteiger partial charge < -0.3 is 29.5 Å². The van der Waals surface area contributed by atoms with Gasteiger partial charge in [0.25, 0.3) is 0 Å². The van der Waals surface area contributed by atoms with E-state index in [1.807, 2.05) is 18.3 Å². The maximum Gasteiger partial charge on any atom is 0.249 e. The van der Waals surface area contributed by atoms with E-state index in [2.05, 4.69) is 71.8 Å². The third-order valence-corrected chi connectivity index (χ3v) is 3.94. The van der Waals surface area contributed by atoms with Gasteiger partial charge in [0.05, 0.1) is 6.54 Å². The molecule has 5 heteroatoms. The standard InChI is InChI=1S/C19H22N3.HI.H2O/c1-15-12-16(2)19(17(3)13-15)22-11-10-21(14-22)9-7-18-6-4-5-8-20-18;;/h4-6,8,10-14H,7,9H2,1-3H3;1H;1H2/q+1;;/p-1. The summed E-state index contributed by atoms with van der Waals surface area (Å²) in [5.74, 6) is 0. The number of benzene rings is 1. The molecule has 128 valence electrons. The van der Waals surface area contributed by atoms with Crippen LogP contribution < -0.4 is 28.5 Å². The summed E-state index contributed by atoms with van der Waals surface area (Å²) in [6, 6.07) is 10.5. The number of aromatic nitrogens is 3. The number of pyridine rings is 1. The molecule has 0 spiro atoms. The molecular weight excluding hydrogens is 413 g/mol. The number of hydrogen-bond donors (Lipinski definition) is 0. The van der Waals surface area contributed by atoms with Gasteiger partial charge in [0.1, 0.15) is 18.1 Å². The maximum atomic E-state index is 4.38. The van der Waals surface area contributed by atoms with Crippen LogP contribution in [0.2, 0.25) is 0 Å². The summed E-state index contributed by atoms with van der Waals surface area (Å²) in [7, 11) is 0. The smallest absolute Gasteiger partial charge is 0.249 e. The largest absolute Gasteiger partial charge is 1.00 e. The molecule has 0 aliphatic carbocycles. The van der Waals surface area contributed by atoms with E-state index in [-0.39, 0.29) is 29.5 Å². The lowest BCUT2D eigenvalue weighted by atomic mass is 10.1. The van der Waals surface area contributed by atoms with Gasteiger partial charge in [-0.1, -0.05) is 23.8 Å². The molecule has 0 aliphatic rings. The van der Waals surface area contributed by atoms with Crippen molar-refractivity contribution in [3.05, 3.63) is 77.6 Å².